The van der Waals surface area contributed by atoms with Gasteiger partial charge in [0, 0.05) is 54.6 Å². The minimum atomic E-state index is -0.612. The van der Waals surface area contributed by atoms with Gasteiger partial charge in [-0.3, -0.25) is 5.32 Å². The summed E-state index contributed by atoms with van der Waals surface area (Å²) in [6.07, 6.45) is 5.05. The smallest absolute Gasteiger partial charge is 0.231 e. The Balaban J connectivity index is 1.53. The van der Waals surface area contributed by atoms with Crippen LogP contribution in [0.15, 0.2) is 42.2 Å². The summed E-state index contributed by atoms with van der Waals surface area (Å²) in [7, 11) is 0. The molecular formula is C19H16F2N6OS. The van der Waals surface area contributed by atoms with Crippen LogP contribution in [0.4, 0.5) is 25.5 Å². The van der Waals surface area contributed by atoms with Crippen molar-refractivity contribution in [3.63, 3.8) is 0 Å². The molecule has 4 aromatic rings. The first-order valence-electron chi connectivity index (χ1n) is 9.02. The first kappa shape index (κ1) is 18.0. The van der Waals surface area contributed by atoms with E-state index < -0.39 is 11.6 Å². The lowest BCUT2D eigenvalue weighted by molar-refractivity contribution is 0.122. The maximum atomic E-state index is 14.8. The summed E-state index contributed by atoms with van der Waals surface area (Å²) in [6, 6.07) is 4.45. The zero-order valence-electron chi connectivity index (χ0n) is 15.2. The second-order valence-corrected chi connectivity index (χ2v) is 7.37. The van der Waals surface area contributed by atoms with E-state index in [1.807, 2.05) is 5.38 Å². The van der Waals surface area contributed by atoms with Crippen LogP contribution in [0.5, 0.6) is 0 Å². The van der Waals surface area contributed by atoms with E-state index in [0.29, 0.717) is 48.7 Å². The number of halogens is 2. The van der Waals surface area contributed by atoms with Gasteiger partial charge in [0.2, 0.25) is 5.95 Å². The molecule has 0 bridgehead atoms. The molecule has 5 rings (SSSR count). The van der Waals surface area contributed by atoms with Crippen LogP contribution in [0.2, 0.25) is 0 Å². The van der Waals surface area contributed by atoms with Crippen LogP contribution in [0.25, 0.3) is 16.7 Å². The van der Waals surface area contributed by atoms with Crippen molar-refractivity contribution in [1.29, 1.82) is 0 Å². The lowest BCUT2D eigenvalue weighted by atomic mass is 10.2. The summed E-state index contributed by atoms with van der Waals surface area (Å²) in [5.74, 6) is -0.865. The molecule has 0 amide bonds. The van der Waals surface area contributed by atoms with Gasteiger partial charge in [-0.2, -0.15) is 4.98 Å². The van der Waals surface area contributed by atoms with Gasteiger partial charge < -0.3 is 14.2 Å². The molecule has 1 fully saturated rings. The monoisotopic (exact) mass is 414 g/mol. The van der Waals surface area contributed by atoms with Gasteiger partial charge >= 0.3 is 0 Å². The van der Waals surface area contributed by atoms with Gasteiger partial charge in [0.15, 0.2) is 16.8 Å². The molecule has 1 N–H and O–H groups in total. The number of ether oxygens (including phenoxy) is 1. The fourth-order valence-corrected chi connectivity index (χ4v) is 3.87. The number of morpholine rings is 1. The number of hydrogen-bond donors (Lipinski definition) is 1. The largest absolute Gasteiger partial charge is 0.378 e. The summed E-state index contributed by atoms with van der Waals surface area (Å²) in [5.41, 5.74) is 0.872. The van der Waals surface area contributed by atoms with Crippen molar-refractivity contribution in [1.82, 2.24) is 19.5 Å². The highest BCUT2D eigenvalue weighted by molar-refractivity contribution is 7.13. The first-order chi connectivity index (χ1) is 14.2. The summed E-state index contributed by atoms with van der Waals surface area (Å²) < 4.78 is 36.6. The maximum absolute atomic E-state index is 14.8. The molecule has 1 aromatic carbocycles. The number of hydrogen-bond acceptors (Lipinski definition) is 7. The second kappa shape index (κ2) is 7.37. The van der Waals surface area contributed by atoms with Crippen LogP contribution in [-0.2, 0) is 4.74 Å². The van der Waals surface area contributed by atoms with Gasteiger partial charge in [-0.05, 0) is 6.07 Å². The Morgan fingerprint density at radius 2 is 1.90 bits per heavy atom. The number of fused-ring (bicyclic) bond motifs is 1. The minimum absolute atomic E-state index is 0.0192. The standard InChI is InChI=1S/C19H16F2N6OS/c20-14-9-13(10-15(21)16(14)26-4-6-28-7-5-26)27-3-1-12-11-23-18(24-17(12)27)25-19-22-2-8-29-19/h1-3,8-11H,4-7H2,(H,22,23,24,25). The minimum Gasteiger partial charge on any atom is -0.378 e. The molecule has 0 spiro atoms. The fraction of sp³-hybridized carbons (Fsp3) is 0.211. The summed E-state index contributed by atoms with van der Waals surface area (Å²) in [4.78, 5) is 14.6. The number of benzene rings is 1. The SMILES string of the molecule is Fc1cc(-n2ccc3cnc(Nc4nccs4)nc32)cc(F)c1N1CCOCC1. The van der Waals surface area contributed by atoms with E-state index in [2.05, 4.69) is 20.3 Å². The third-order valence-electron chi connectivity index (χ3n) is 4.69. The molecule has 1 saturated heterocycles. The number of anilines is 3. The van der Waals surface area contributed by atoms with Crippen LogP contribution in [0.1, 0.15) is 0 Å². The molecule has 0 saturated carbocycles. The van der Waals surface area contributed by atoms with Crippen LogP contribution in [0.3, 0.4) is 0 Å². The van der Waals surface area contributed by atoms with Crippen LogP contribution < -0.4 is 10.2 Å². The molecule has 10 heteroatoms. The Bertz CT molecular complexity index is 1130. The second-order valence-electron chi connectivity index (χ2n) is 6.48. The maximum Gasteiger partial charge on any atom is 0.231 e. The lowest BCUT2D eigenvalue weighted by Crippen LogP contribution is -2.37. The van der Waals surface area contributed by atoms with E-state index in [1.54, 1.807) is 34.1 Å². The molecule has 4 heterocycles. The Morgan fingerprint density at radius 1 is 1.10 bits per heavy atom. The number of nitrogens with one attached hydrogen (secondary N) is 1. The average Bonchev–Trinajstić information content (AvgIpc) is 3.38. The van der Waals surface area contributed by atoms with Crippen molar-refractivity contribution in [3.05, 3.63) is 53.8 Å². The van der Waals surface area contributed by atoms with Gasteiger partial charge in [0.1, 0.15) is 11.3 Å². The zero-order valence-corrected chi connectivity index (χ0v) is 16.0. The number of rotatable bonds is 4. The molecule has 0 aliphatic carbocycles. The third kappa shape index (κ3) is 3.40. The quantitative estimate of drug-likeness (QED) is 0.549. The van der Waals surface area contributed by atoms with Crippen LogP contribution in [0, 0.1) is 11.6 Å². The van der Waals surface area contributed by atoms with Crippen LogP contribution in [-0.4, -0.2) is 45.8 Å². The summed E-state index contributed by atoms with van der Waals surface area (Å²) in [6.45, 7) is 1.82. The predicted molar refractivity (Wildman–Crippen MR) is 107 cm³/mol. The van der Waals surface area contributed by atoms with Gasteiger partial charge in [-0.1, -0.05) is 0 Å². The van der Waals surface area contributed by atoms with E-state index in [1.165, 1.54) is 23.5 Å². The van der Waals surface area contributed by atoms with E-state index in [9.17, 15) is 8.78 Å². The van der Waals surface area contributed by atoms with Crippen molar-refractivity contribution in [2.75, 3.05) is 36.5 Å². The Labute approximate surface area is 168 Å². The lowest BCUT2D eigenvalue weighted by Gasteiger charge is -2.29. The molecule has 0 atom stereocenters. The van der Waals surface area contributed by atoms with Crippen LogP contribution >= 0.6 is 11.3 Å². The van der Waals surface area contributed by atoms with E-state index in [4.69, 9.17) is 4.74 Å². The number of aromatic nitrogens is 4. The van der Waals surface area contributed by atoms with Crippen molar-refractivity contribution in [2.24, 2.45) is 0 Å². The highest BCUT2D eigenvalue weighted by Gasteiger charge is 2.21. The van der Waals surface area contributed by atoms with E-state index in [0.717, 1.165) is 5.39 Å². The first-order valence-corrected chi connectivity index (χ1v) is 9.90. The molecule has 0 radical (unpaired) electrons. The Morgan fingerprint density at radius 3 is 2.62 bits per heavy atom. The molecule has 1 aliphatic rings. The van der Waals surface area contributed by atoms with E-state index in [-0.39, 0.29) is 5.69 Å². The third-order valence-corrected chi connectivity index (χ3v) is 5.37. The molecule has 3 aromatic heterocycles. The number of nitrogens with zero attached hydrogens (tertiary/aromatic N) is 5. The van der Waals surface area contributed by atoms with Gasteiger partial charge in [0.05, 0.1) is 18.9 Å². The average molecular weight is 414 g/mol. The van der Waals surface area contributed by atoms with Crippen molar-refractivity contribution >= 4 is 39.1 Å². The van der Waals surface area contributed by atoms with Gasteiger partial charge in [-0.15, -0.1) is 11.3 Å². The van der Waals surface area contributed by atoms with Crippen molar-refractivity contribution in [3.8, 4) is 5.69 Å². The molecule has 0 unspecified atom stereocenters. The molecule has 1 aliphatic heterocycles. The summed E-state index contributed by atoms with van der Waals surface area (Å²) in [5, 5.41) is 6.28. The fourth-order valence-electron chi connectivity index (χ4n) is 3.35. The zero-order chi connectivity index (χ0) is 19.8. The topological polar surface area (TPSA) is 68.1 Å². The molecule has 29 heavy (non-hydrogen) atoms. The Hall–Kier alpha value is -3.11. The highest BCUT2D eigenvalue weighted by atomic mass is 32.1. The van der Waals surface area contributed by atoms with Gasteiger partial charge in [-0.25, -0.2) is 18.7 Å². The van der Waals surface area contributed by atoms with E-state index >= 15 is 0 Å². The normalized spacial score (nSPS) is 14.5. The molecular weight excluding hydrogens is 398 g/mol. The summed E-state index contributed by atoms with van der Waals surface area (Å²) >= 11 is 1.42. The highest BCUT2D eigenvalue weighted by Crippen LogP contribution is 2.29. The number of thiazole rings is 1. The Kier molecular flexibility index (Phi) is 4.57. The van der Waals surface area contributed by atoms with Gasteiger partial charge in [0.25, 0.3) is 0 Å². The van der Waals surface area contributed by atoms with Crippen molar-refractivity contribution < 1.29 is 13.5 Å². The predicted octanol–water partition coefficient (Wildman–Crippen LogP) is 3.74. The van der Waals surface area contributed by atoms with Crippen molar-refractivity contribution in [2.45, 2.75) is 0 Å². The molecule has 7 nitrogen and oxygen atoms in total. The molecule has 148 valence electrons.